The van der Waals surface area contributed by atoms with Gasteiger partial charge in [0, 0.05) is 18.7 Å². The minimum atomic E-state index is -0.133. The predicted octanol–water partition coefficient (Wildman–Crippen LogP) is 2.33. The lowest BCUT2D eigenvalue weighted by Crippen LogP contribution is -2.30. The molecule has 0 aliphatic carbocycles. The number of benzene rings is 1. The molecule has 1 heterocycles. The van der Waals surface area contributed by atoms with Crippen molar-refractivity contribution in [3.63, 3.8) is 0 Å². The number of nitrogens with zero attached hydrogens (tertiary/aromatic N) is 1. The number of aryl methyl sites for hydroxylation is 1. The number of anilines is 1. The van der Waals surface area contributed by atoms with Crippen LogP contribution in [-0.4, -0.2) is 18.4 Å². The fourth-order valence-electron chi connectivity index (χ4n) is 2.05. The molecule has 1 aliphatic rings. The van der Waals surface area contributed by atoms with E-state index in [1.807, 2.05) is 12.1 Å². The third kappa shape index (κ3) is 1.80. The monoisotopic (exact) mass is 201 g/mol. The highest BCUT2D eigenvalue weighted by atomic mass is 16.1. The third-order valence-electron chi connectivity index (χ3n) is 2.82. The van der Waals surface area contributed by atoms with Crippen LogP contribution in [0.15, 0.2) is 36.9 Å². The zero-order valence-electron chi connectivity index (χ0n) is 8.94. The number of carbonyl (C=O) groups is 1. The van der Waals surface area contributed by atoms with Crippen LogP contribution in [-0.2, 0) is 4.79 Å². The summed E-state index contributed by atoms with van der Waals surface area (Å²) < 4.78 is 0. The Morgan fingerprint density at radius 1 is 1.53 bits per heavy atom. The zero-order chi connectivity index (χ0) is 10.8. The molecule has 78 valence electrons. The van der Waals surface area contributed by atoms with Gasteiger partial charge in [-0.25, -0.2) is 0 Å². The zero-order valence-corrected chi connectivity index (χ0v) is 8.94. The number of ketones is 1. The number of Topliss-reactive ketones (excluding diaryl/α,β-unsaturated/α-hetero) is 1. The van der Waals surface area contributed by atoms with Crippen molar-refractivity contribution < 1.29 is 4.79 Å². The normalized spacial score (nSPS) is 20.7. The summed E-state index contributed by atoms with van der Waals surface area (Å²) in [6.45, 7) is 6.59. The summed E-state index contributed by atoms with van der Waals surface area (Å²) in [7, 11) is 0. The van der Waals surface area contributed by atoms with E-state index in [0.717, 1.165) is 12.2 Å². The van der Waals surface area contributed by atoms with Gasteiger partial charge in [-0.3, -0.25) is 4.79 Å². The van der Waals surface area contributed by atoms with Crippen molar-refractivity contribution in [1.29, 1.82) is 0 Å². The van der Waals surface area contributed by atoms with Crippen LogP contribution in [0.5, 0.6) is 0 Å². The van der Waals surface area contributed by atoms with Crippen LogP contribution in [0.25, 0.3) is 0 Å². The topological polar surface area (TPSA) is 20.3 Å². The van der Waals surface area contributed by atoms with Gasteiger partial charge in [0.05, 0.1) is 0 Å². The maximum absolute atomic E-state index is 11.6. The molecule has 0 spiro atoms. The van der Waals surface area contributed by atoms with Crippen LogP contribution < -0.4 is 4.90 Å². The summed E-state index contributed by atoms with van der Waals surface area (Å²) in [5, 5.41) is 0. The minimum absolute atomic E-state index is 0.133. The molecule has 1 atom stereocenters. The van der Waals surface area contributed by atoms with Gasteiger partial charge in [0.15, 0.2) is 5.78 Å². The van der Waals surface area contributed by atoms with Crippen molar-refractivity contribution >= 4 is 11.5 Å². The van der Waals surface area contributed by atoms with Crippen molar-refractivity contribution in [2.24, 2.45) is 0 Å². The van der Waals surface area contributed by atoms with Gasteiger partial charge < -0.3 is 4.90 Å². The van der Waals surface area contributed by atoms with Crippen LogP contribution in [0, 0.1) is 6.92 Å². The lowest BCUT2D eigenvalue weighted by Gasteiger charge is -2.23. The fraction of sp³-hybridized carbons (Fsp3) is 0.308. The van der Waals surface area contributed by atoms with Gasteiger partial charge in [-0.05, 0) is 24.6 Å². The first-order valence-electron chi connectivity index (χ1n) is 5.21. The van der Waals surface area contributed by atoms with Crippen molar-refractivity contribution in [2.45, 2.75) is 19.4 Å². The molecule has 1 saturated heterocycles. The lowest BCUT2D eigenvalue weighted by atomic mass is 10.1. The summed E-state index contributed by atoms with van der Waals surface area (Å²) in [4.78, 5) is 13.7. The van der Waals surface area contributed by atoms with Crippen molar-refractivity contribution in [3.8, 4) is 0 Å². The molecule has 2 rings (SSSR count). The summed E-state index contributed by atoms with van der Waals surface area (Å²) in [5.41, 5.74) is 2.33. The molecule has 0 radical (unpaired) electrons. The Bertz CT molecular complexity index is 397. The number of hydrogen-bond acceptors (Lipinski definition) is 2. The average Bonchev–Trinajstić information content (AvgIpc) is 2.59. The van der Waals surface area contributed by atoms with Crippen molar-refractivity contribution in [2.75, 3.05) is 11.4 Å². The van der Waals surface area contributed by atoms with E-state index in [9.17, 15) is 4.79 Å². The molecule has 1 aliphatic heterocycles. The Morgan fingerprint density at radius 3 is 3.00 bits per heavy atom. The van der Waals surface area contributed by atoms with E-state index < -0.39 is 0 Å². The first-order valence-corrected chi connectivity index (χ1v) is 5.21. The summed E-state index contributed by atoms with van der Waals surface area (Å²) in [6, 6.07) is 8.10. The molecule has 0 saturated carbocycles. The highest BCUT2D eigenvalue weighted by molar-refractivity contribution is 5.92. The molecule has 0 bridgehead atoms. The Hall–Kier alpha value is -1.57. The van der Waals surface area contributed by atoms with E-state index in [2.05, 4.69) is 30.5 Å². The van der Waals surface area contributed by atoms with E-state index in [1.54, 1.807) is 6.08 Å². The maximum Gasteiger partial charge on any atom is 0.160 e. The largest absolute Gasteiger partial charge is 0.358 e. The molecule has 1 aromatic carbocycles. The van der Waals surface area contributed by atoms with E-state index in [-0.39, 0.29) is 11.8 Å². The predicted molar refractivity (Wildman–Crippen MR) is 62.1 cm³/mol. The van der Waals surface area contributed by atoms with E-state index in [0.29, 0.717) is 6.42 Å². The van der Waals surface area contributed by atoms with Crippen molar-refractivity contribution in [1.82, 2.24) is 0 Å². The van der Waals surface area contributed by atoms with Crippen LogP contribution in [0.2, 0.25) is 0 Å². The Labute approximate surface area is 90.2 Å². The quantitative estimate of drug-likeness (QED) is 0.684. The van der Waals surface area contributed by atoms with Gasteiger partial charge in [0.2, 0.25) is 0 Å². The summed E-state index contributed by atoms with van der Waals surface area (Å²) >= 11 is 0. The maximum atomic E-state index is 11.6. The first kappa shape index (κ1) is 9.97. The summed E-state index contributed by atoms with van der Waals surface area (Å²) in [6.07, 6.45) is 2.36. The molecule has 0 amide bonds. The first-order chi connectivity index (χ1) is 7.22. The molecule has 1 unspecified atom stereocenters. The van der Waals surface area contributed by atoms with Crippen molar-refractivity contribution in [3.05, 3.63) is 42.5 Å². The van der Waals surface area contributed by atoms with Crippen LogP contribution in [0.1, 0.15) is 12.0 Å². The lowest BCUT2D eigenvalue weighted by molar-refractivity contribution is -0.117. The van der Waals surface area contributed by atoms with E-state index in [1.165, 1.54) is 5.56 Å². The fourth-order valence-corrected chi connectivity index (χ4v) is 2.05. The van der Waals surface area contributed by atoms with Crippen LogP contribution in [0.3, 0.4) is 0 Å². The average molecular weight is 201 g/mol. The second-order valence-corrected chi connectivity index (χ2v) is 3.93. The Morgan fingerprint density at radius 2 is 2.33 bits per heavy atom. The van der Waals surface area contributed by atoms with Crippen LogP contribution in [0.4, 0.5) is 5.69 Å². The van der Waals surface area contributed by atoms with Gasteiger partial charge in [0.25, 0.3) is 0 Å². The highest BCUT2D eigenvalue weighted by Gasteiger charge is 2.29. The molecule has 0 aromatic heterocycles. The van der Waals surface area contributed by atoms with Gasteiger partial charge in [-0.15, -0.1) is 6.58 Å². The third-order valence-corrected chi connectivity index (χ3v) is 2.82. The van der Waals surface area contributed by atoms with E-state index in [4.69, 9.17) is 0 Å². The number of hydrogen-bond donors (Lipinski definition) is 0. The van der Waals surface area contributed by atoms with Gasteiger partial charge in [-0.2, -0.15) is 0 Å². The Balaban J connectivity index is 2.31. The van der Waals surface area contributed by atoms with E-state index >= 15 is 0 Å². The highest BCUT2D eigenvalue weighted by Crippen LogP contribution is 2.24. The minimum Gasteiger partial charge on any atom is -0.358 e. The van der Waals surface area contributed by atoms with Gasteiger partial charge in [0.1, 0.15) is 6.04 Å². The molecule has 2 nitrogen and oxygen atoms in total. The molecule has 1 fully saturated rings. The summed E-state index contributed by atoms with van der Waals surface area (Å²) in [5.74, 6) is 0.270. The molecule has 15 heavy (non-hydrogen) atoms. The smallest absolute Gasteiger partial charge is 0.160 e. The molecular formula is C13H15NO. The molecule has 1 aromatic rings. The second kappa shape index (κ2) is 3.89. The SMILES string of the molecule is C=CC1C(=O)CCN1c1cccc(C)c1. The molecular weight excluding hydrogens is 186 g/mol. The molecule has 0 N–H and O–H groups in total. The van der Waals surface area contributed by atoms with Gasteiger partial charge >= 0.3 is 0 Å². The number of rotatable bonds is 2. The molecule has 2 heteroatoms. The Kier molecular flexibility index (Phi) is 2.58. The van der Waals surface area contributed by atoms with Crippen LogP contribution >= 0.6 is 0 Å². The number of carbonyl (C=O) groups excluding carboxylic acids is 1. The standard InChI is InChI=1S/C13H15NO/c1-3-12-13(15)7-8-14(12)11-6-4-5-10(2)9-11/h3-6,9,12H,1,7-8H2,2H3. The second-order valence-electron chi connectivity index (χ2n) is 3.93. The van der Waals surface area contributed by atoms with Gasteiger partial charge in [-0.1, -0.05) is 18.2 Å².